The van der Waals surface area contributed by atoms with E-state index in [1.165, 1.54) is 22.4 Å². The van der Waals surface area contributed by atoms with Gasteiger partial charge in [0.2, 0.25) is 0 Å². The average molecular weight is 250 g/mol. The van der Waals surface area contributed by atoms with Crippen molar-refractivity contribution < 1.29 is 0 Å². The molecule has 1 aromatic carbocycles. The highest BCUT2D eigenvalue weighted by Crippen LogP contribution is 2.37. The van der Waals surface area contributed by atoms with Crippen LogP contribution in [-0.4, -0.2) is 4.75 Å². The van der Waals surface area contributed by atoms with E-state index in [2.05, 4.69) is 66.7 Å². The van der Waals surface area contributed by atoms with Gasteiger partial charge in [-0.15, -0.1) is 11.8 Å². The zero-order valence-electron chi connectivity index (χ0n) is 12.3. The monoisotopic (exact) mass is 250 g/mol. The molecule has 0 spiro atoms. The molecule has 0 aliphatic rings. The summed E-state index contributed by atoms with van der Waals surface area (Å²) < 4.78 is 0.327. The Morgan fingerprint density at radius 2 is 1.65 bits per heavy atom. The molecule has 1 heteroatoms. The van der Waals surface area contributed by atoms with Gasteiger partial charge in [-0.2, -0.15) is 0 Å². The normalized spacial score (nSPS) is 12.9. The van der Waals surface area contributed by atoms with Crippen LogP contribution in [0.25, 0.3) is 0 Å². The Balaban J connectivity index is 2.99. The van der Waals surface area contributed by atoms with Gasteiger partial charge in [0.1, 0.15) is 0 Å². The molecular weight excluding hydrogens is 224 g/mol. The lowest BCUT2D eigenvalue weighted by Crippen LogP contribution is -2.13. The minimum atomic E-state index is 0.244. The topological polar surface area (TPSA) is 0 Å². The zero-order chi connectivity index (χ0) is 13.3. The van der Waals surface area contributed by atoms with Crippen molar-refractivity contribution in [3.05, 3.63) is 29.3 Å². The number of aryl methyl sites for hydroxylation is 1. The fourth-order valence-electron chi connectivity index (χ4n) is 1.60. The number of benzene rings is 1. The fourth-order valence-corrected chi connectivity index (χ4v) is 2.70. The van der Waals surface area contributed by atoms with Gasteiger partial charge in [0.25, 0.3) is 0 Å². The van der Waals surface area contributed by atoms with Crippen LogP contribution in [-0.2, 0) is 5.41 Å². The Bertz CT molecular complexity index is 383. The quantitative estimate of drug-likeness (QED) is 0.632. The van der Waals surface area contributed by atoms with E-state index in [4.69, 9.17) is 0 Å². The molecule has 0 saturated carbocycles. The van der Waals surface area contributed by atoms with E-state index in [-0.39, 0.29) is 5.41 Å². The van der Waals surface area contributed by atoms with Crippen LogP contribution in [0.4, 0.5) is 0 Å². The summed E-state index contributed by atoms with van der Waals surface area (Å²) in [5.41, 5.74) is 3.08. The molecule has 0 radical (unpaired) electrons. The first-order valence-corrected chi connectivity index (χ1v) is 7.27. The molecule has 0 aromatic heterocycles. The van der Waals surface area contributed by atoms with Crippen LogP contribution in [0.1, 0.15) is 59.1 Å². The summed E-state index contributed by atoms with van der Waals surface area (Å²) in [7, 11) is 0. The molecule has 1 rings (SSSR count). The summed E-state index contributed by atoms with van der Waals surface area (Å²) in [6.07, 6.45) is 1.19. The molecule has 0 unspecified atom stereocenters. The molecule has 96 valence electrons. The van der Waals surface area contributed by atoms with Crippen LogP contribution in [0.3, 0.4) is 0 Å². The fraction of sp³-hybridized carbons (Fsp3) is 0.625. The Labute approximate surface area is 111 Å². The maximum atomic E-state index is 2.34. The van der Waals surface area contributed by atoms with Crippen LogP contribution in [0.2, 0.25) is 0 Å². The third-order valence-corrected chi connectivity index (χ3v) is 4.80. The molecular formula is C16H26S. The van der Waals surface area contributed by atoms with Gasteiger partial charge in [-0.05, 0) is 36.0 Å². The van der Waals surface area contributed by atoms with Gasteiger partial charge >= 0.3 is 0 Å². The van der Waals surface area contributed by atoms with Gasteiger partial charge in [0.05, 0.1) is 0 Å². The SMILES string of the molecule is CCC(C)(C)Sc1ccc(C(C)(C)C)cc1C. The first kappa shape index (κ1) is 14.6. The molecule has 0 N–H and O–H groups in total. The van der Waals surface area contributed by atoms with Crippen LogP contribution in [0, 0.1) is 6.92 Å². The van der Waals surface area contributed by atoms with E-state index in [9.17, 15) is 0 Å². The van der Waals surface area contributed by atoms with Crippen molar-refractivity contribution in [1.29, 1.82) is 0 Å². The largest absolute Gasteiger partial charge is 0.120 e. The van der Waals surface area contributed by atoms with Gasteiger partial charge in [0.15, 0.2) is 0 Å². The molecule has 0 nitrogen and oxygen atoms in total. The van der Waals surface area contributed by atoms with Crippen molar-refractivity contribution in [2.75, 3.05) is 0 Å². The minimum Gasteiger partial charge on any atom is -0.120 e. The standard InChI is InChI=1S/C16H26S/c1-8-16(6,7)17-14-10-9-13(11-12(14)2)15(3,4)5/h9-11H,8H2,1-7H3. The van der Waals surface area contributed by atoms with E-state index in [0.717, 1.165) is 0 Å². The van der Waals surface area contributed by atoms with Crippen molar-refractivity contribution in [2.24, 2.45) is 0 Å². The highest BCUT2D eigenvalue weighted by molar-refractivity contribution is 8.00. The van der Waals surface area contributed by atoms with E-state index in [1.54, 1.807) is 0 Å². The van der Waals surface area contributed by atoms with Crippen molar-refractivity contribution in [3.8, 4) is 0 Å². The van der Waals surface area contributed by atoms with Crippen molar-refractivity contribution in [2.45, 2.75) is 69.9 Å². The second kappa shape index (κ2) is 5.06. The molecule has 0 amide bonds. The van der Waals surface area contributed by atoms with Crippen LogP contribution < -0.4 is 0 Å². The van der Waals surface area contributed by atoms with Crippen molar-refractivity contribution in [3.63, 3.8) is 0 Å². The lowest BCUT2D eigenvalue weighted by Gasteiger charge is -2.25. The van der Waals surface area contributed by atoms with E-state index in [1.807, 2.05) is 11.8 Å². The molecule has 0 fully saturated rings. The molecule has 0 saturated heterocycles. The first-order valence-electron chi connectivity index (χ1n) is 6.46. The maximum absolute atomic E-state index is 2.34. The van der Waals surface area contributed by atoms with Crippen molar-refractivity contribution in [1.82, 2.24) is 0 Å². The third kappa shape index (κ3) is 4.06. The van der Waals surface area contributed by atoms with Gasteiger partial charge in [0, 0.05) is 9.64 Å². The predicted molar refractivity (Wildman–Crippen MR) is 80.1 cm³/mol. The van der Waals surface area contributed by atoms with Gasteiger partial charge < -0.3 is 0 Å². The molecule has 0 bridgehead atoms. The number of hydrogen-bond donors (Lipinski definition) is 0. The highest BCUT2D eigenvalue weighted by Gasteiger charge is 2.19. The van der Waals surface area contributed by atoms with Gasteiger partial charge in [-0.1, -0.05) is 53.7 Å². The number of hydrogen-bond acceptors (Lipinski definition) is 1. The zero-order valence-corrected chi connectivity index (χ0v) is 13.2. The summed E-state index contributed by atoms with van der Waals surface area (Å²) in [6, 6.07) is 6.91. The maximum Gasteiger partial charge on any atom is 0.0148 e. The molecule has 0 aliphatic carbocycles. The number of thioether (sulfide) groups is 1. The summed E-state index contributed by atoms with van der Waals surface area (Å²) in [4.78, 5) is 1.42. The first-order chi connectivity index (χ1) is 7.65. The Kier molecular flexibility index (Phi) is 4.35. The lowest BCUT2D eigenvalue weighted by molar-refractivity contribution is 0.589. The Hall–Kier alpha value is -0.430. The smallest absolute Gasteiger partial charge is 0.0148 e. The summed E-state index contributed by atoms with van der Waals surface area (Å²) >= 11 is 1.99. The van der Waals surface area contributed by atoms with E-state index < -0.39 is 0 Å². The van der Waals surface area contributed by atoms with E-state index >= 15 is 0 Å². The van der Waals surface area contributed by atoms with Crippen LogP contribution in [0.5, 0.6) is 0 Å². The van der Waals surface area contributed by atoms with Crippen LogP contribution >= 0.6 is 11.8 Å². The Morgan fingerprint density at radius 1 is 1.06 bits per heavy atom. The second-order valence-corrected chi connectivity index (χ2v) is 8.19. The van der Waals surface area contributed by atoms with E-state index in [0.29, 0.717) is 4.75 Å². The average Bonchev–Trinajstić information content (AvgIpc) is 2.19. The lowest BCUT2D eigenvalue weighted by atomic mass is 9.86. The molecule has 0 aliphatic heterocycles. The van der Waals surface area contributed by atoms with Gasteiger partial charge in [-0.3, -0.25) is 0 Å². The molecule has 0 heterocycles. The minimum absolute atomic E-state index is 0.244. The summed E-state index contributed by atoms with van der Waals surface area (Å²) in [5, 5.41) is 0. The Morgan fingerprint density at radius 3 is 2.06 bits per heavy atom. The second-order valence-electron chi connectivity index (χ2n) is 6.45. The highest BCUT2D eigenvalue weighted by atomic mass is 32.2. The molecule has 1 aromatic rings. The third-order valence-electron chi connectivity index (χ3n) is 3.28. The summed E-state index contributed by atoms with van der Waals surface area (Å²) in [6.45, 7) is 15.9. The van der Waals surface area contributed by atoms with Crippen LogP contribution in [0.15, 0.2) is 23.1 Å². The molecule has 0 atom stereocenters. The molecule has 17 heavy (non-hydrogen) atoms. The van der Waals surface area contributed by atoms with Crippen molar-refractivity contribution >= 4 is 11.8 Å². The predicted octanol–water partition coefficient (Wildman–Crippen LogP) is 5.57. The number of rotatable bonds is 3. The van der Waals surface area contributed by atoms with Gasteiger partial charge in [-0.25, -0.2) is 0 Å². The summed E-state index contributed by atoms with van der Waals surface area (Å²) in [5.74, 6) is 0.